The molecule has 2 rings (SSSR count). The van der Waals surface area contributed by atoms with Gasteiger partial charge in [-0.15, -0.1) is 0 Å². The van der Waals surface area contributed by atoms with Crippen LogP contribution in [0, 0.1) is 5.82 Å². The lowest BCUT2D eigenvalue weighted by molar-refractivity contribution is 0.243. The summed E-state index contributed by atoms with van der Waals surface area (Å²) in [6, 6.07) is 2.31. The Morgan fingerprint density at radius 3 is 2.89 bits per heavy atom. The fraction of sp³-hybridized carbons (Fsp3) is 0.545. The third kappa shape index (κ3) is 2.38. The monoisotopic (exact) mass is 273 g/mol. The van der Waals surface area contributed by atoms with Crippen LogP contribution in [0.2, 0.25) is 0 Å². The van der Waals surface area contributed by atoms with Crippen LogP contribution < -0.4 is 5.32 Å². The van der Waals surface area contributed by atoms with Crippen LogP contribution >= 0.6 is 0 Å². The van der Waals surface area contributed by atoms with Gasteiger partial charge in [-0.3, -0.25) is 0 Å². The number of nitrogens with one attached hydrogen (secondary N) is 1. The number of hydrogen-bond donors (Lipinski definition) is 1. The molecule has 1 aliphatic rings. The van der Waals surface area contributed by atoms with E-state index in [0.717, 1.165) is 6.07 Å². The summed E-state index contributed by atoms with van der Waals surface area (Å²) in [4.78, 5) is 3.66. The summed E-state index contributed by atoms with van der Waals surface area (Å²) in [5.74, 6) is -0.809. The molecule has 1 fully saturated rings. The average Bonchev–Trinajstić information content (AvgIpc) is 2.32. The Labute approximate surface area is 106 Å². The highest BCUT2D eigenvalue weighted by Crippen LogP contribution is 2.20. The van der Waals surface area contributed by atoms with E-state index in [1.807, 2.05) is 6.92 Å². The van der Waals surface area contributed by atoms with E-state index in [1.54, 1.807) is 6.92 Å². The smallest absolute Gasteiger partial charge is 0.263 e. The predicted molar refractivity (Wildman–Crippen MR) is 65.0 cm³/mol. The standard InChI is InChI=1S/C11H16FN3O2S/c1-8-7-15(9(2)6-14-8)18(16,17)11-10(12)4-3-5-13-11/h3-5,8-9,14H,6-7H2,1-2H3. The van der Waals surface area contributed by atoms with E-state index in [4.69, 9.17) is 0 Å². The number of sulfonamides is 1. The van der Waals surface area contributed by atoms with Crippen molar-refractivity contribution in [3.05, 3.63) is 24.1 Å². The molecule has 100 valence electrons. The van der Waals surface area contributed by atoms with Gasteiger partial charge in [0.05, 0.1) is 0 Å². The third-order valence-electron chi connectivity index (χ3n) is 2.98. The van der Waals surface area contributed by atoms with Gasteiger partial charge in [0.15, 0.2) is 5.82 Å². The highest BCUT2D eigenvalue weighted by Gasteiger charge is 2.35. The molecule has 0 aliphatic carbocycles. The average molecular weight is 273 g/mol. The van der Waals surface area contributed by atoms with Gasteiger partial charge in [-0.2, -0.15) is 4.31 Å². The molecule has 18 heavy (non-hydrogen) atoms. The van der Waals surface area contributed by atoms with Gasteiger partial charge in [-0.25, -0.2) is 17.8 Å². The molecule has 1 aliphatic heterocycles. The fourth-order valence-corrected chi connectivity index (χ4v) is 3.69. The van der Waals surface area contributed by atoms with Crippen LogP contribution in [-0.2, 0) is 10.0 Å². The van der Waals surface area contributed by atoms with E-state index < -0.39 is 20.9 Å². The molecule has 2 heterocycles. The van der Waals surface area contributed by atoms with Crippen LogP contribution in [0.5, 0.6) is 0 Å². The number of piperazine rings is 1. The number of pyridine rings is 1. The van der Waals surface area contributed by atoms with E-state index in [2.05, 4.69) is 10.3 Å². The Kier molecular flexibility index (Phi) is 3.65. The van der Waals surface area contributed by atoms with Gasteiger partial charge in [0, 0.05) is 31.4 Å². The zero-order valence-corrected chi connectivity index (χ0v) is 11.1. The molecule has 2 unspecified atom stereocenters. The normalized spacial score (nSPS) is 26.2. The van der Waals surface area contributed by atoms with Crippen LogP contribution in [-0.4, -0.2) is 42.9 Å². The Hall–Kier alpha value is -1.05. The molecule has 5 nitrogen and oxygen atoms in total. The van der Waals surface area contributed by atoms with Crippen molar-refractivity contribution in [2.75, 3.05) is 13.1 Å². The lowest BCUT2D eigenvalue weighted by atomic mass is 10.2. The summed E-state index contributed by atoms with van der Waals surface area (Å²) in [6.07, 6.45) is 1.28. The quantitative estimate of drug-likeness (QED) is 0.857. The highest BCUT2D eigenvalue weighted by atomic mass is 32.2. The van der Waals surface area contributed by atoms with Crippen LogP contribution in [0.25, 0.3) is 0 Å². The van der Waals surface area contributed by atoms with Crippen LogP contribution in [0.1, 0.15) is 13.8 Å². The predicted octanol–water partition coefficient (Wildman–Crippen LogP) is 0.592. The molecule has 0 saturated carbocycles. The summed E-state index contributed by atoms with van der Waals surface area (Å²) in [5, 5.41) is 2.69. The molecule has 1 aromatic heterocycles. The number of hydrogen-bond acceptors (Lipinski definition) is 4. The van der Waals surface area contributed by atoms with E-state index in [0.29, 0.717) is 13.1 Å². The van der Waals surface area contributed by atoms with Crippen molar-refractivity contribution < 1.29 is 12.8 Å². The molecule has 0 radical (unpaired) electrons. The summed E-state index contributed by atoms with van der Waals surface area (Å²) < 4.78 is 39.6. The maximum absolute atomic E-state index is 13.6. The van der Waals surface area contributed by atoms with Gasteiger partial charge in [0.1, 0.15) is 0 Å². The summed E-state index contributed by atoms with van der Waals surface area (Å²) >= 11 is 0. The highest BCUT2D eigenvalue weighted by molar-refractivity contribution is 7.89. The molecule has 1 saturated heterocycles. The van der Waals surface area contributed by atoms with Gasteiger partial charge in [0.25, 0.3) is 10.0 Å². The molecule has 0 amide bonds. The van der Waals surface area contributed by atoms with Crippen molar-refractivity contribution >= 4 is 10.0 Å². The molecule has 1 aromatic rings. The molecular weight excluding hydrogens is 257 g/mol. The minimum Gasteiger partial charge on any atom is -0.311 e. The molecule has 7 heteroatoms. The van der Waals surface area contributed by atoms with Gasteiger partial charge < -0.3 is 5.32 Å². The molecule has 0 aromatic carbocycles. The Morgan fingerprint density at radius 2 is 2.22 bits per heavy atom. The van der Waals surface area contributed by atoms with Crippen molar-refractivity contribution in [1.82, 2.24) is 14.6 Å². The minimum atomic E-state index is -3.87. The second-order valence-electron chi connectivity index (χ2n) is 4.52. The van der Waals surface area contributed by atoms with Gasteiger partial charge in [-0.05, 0) is 26.0 Å². The van der Waals surface area contributed by atoms with Crippen LogP contribution in [0.15, 0.2) is 23.4 Å². The molecule has 0 spiro atoms. The Balaban J connectivity index is 2.39. The topological polar surface area (TPSA) is 62.3 Å². The van der Waals surface area contributed by atoms with E-state index >= 15 is 0 Å². The number of aromatic nitrogens is 1. The zero-order chi connectivity index (χ0) is 13.3. The van der Waals surface area contributed by atoms with Crippen molar-refractivity contribution in [3.8, 4) is 0 Å². The van der Waals surface area contributed by atoms with Crippen molar-refractivity contribution in [1.29, 1.82) is 0 Å². The van der Waals surface area contributed by atoms with Crippen molar-refractivity contribution in [2.45, 2.75) is 31.0 Å². The van der Waals surface area contributed by atoms with Crippen molar-refractivity contribution in [2.24, 2.45) is 0 Å². The zero-order valence-electron chi connectivity index (χ0n) is 10.3. The van der Waals surface area contributed by atoms with Gasteiger partial charge >= 0.3 is 0 Å². The first kappa shape index (κ1) is 13.4. The lowest BCUT2D eigenvalue weighted by Crippen LogP contribution is -2.56. The van der Waals surface area contributed by atoms with Crippen LogP contribution in [0.3, 0.4) is 0 Å². The Bertz CT molecular complexity index is 535. The molecule has 1 N–H and O–H groups in total. The molecule has 2 atom stereocenters. The van der Waals surface area contributed by atoms with E-state index in [-0.39, 0.29) is 12.1 Å². The first-order valence-corrected chi connectivity index (χ1v) is 7.22. The number of rotatable bonds is 2. The van der Waals surface area contributed by atoms with E-state index in [1.165, 1.54) is 16.6 Å². The first-order valence-electron chi connectivity index (χ1n) is 5.78. The third-order valence-corrected chi connectivity index (χ3v) is 4.90. The maximum atomic E-state index is 13.6. The second kappa shape index (κ2) is 4.91. The van der Waals surface area contributed by atoms with Gasteiger partial charge in [0.2, 0.25) is 5.03 Å². The maximum Gasteiger partial charge on any atom is 0.263 e. The summed E-state index contributed by atoms with van der Waals surface area (Å²) in [7, 11) is -3.87. The summed E-state index contributed by atoms with van der Waals surface area (Å²) in [6.45, 7) is 4.55. The minimum absolute atomic E-state index is 0.0442. The van der Waals surface area contributed by atoms with Gasteiger partial charge in [-0.1, -0.05) is 0 Å². The SMILES string of the molecule is CC1CN(S(=O)(=O)c2ncccc2F)C(C)CN1. The lowest BCUT2D eigenvalue weighted by Gasteiger charge is -2.36. The molecular formula is C11H16FN3O2S. The number of nitrogens with zero attached hydrogens (tertiary/aromatic N) is 2. The fourth-order valence-electron chi connectivity index (χ4n) is 2.00. The summed E-state index contributed by atoms with van der Waals surface area (Å²) in [5.41, 5.74) is 0. The van der Waals surface area contributed by atoms with E-state index in [9.17, 15) is 12.8 Å². The van der Waals surface area contributed by atoms with Crippen LogP contribution in [0.4, 0.5) is 4.39 Å². The largest absolute Gasteiger partial charge is 0.311 e. The number of halogens is 1. The second-order valence-corrected chi connectivity index (χ2v) is 6.33. The van der Waals surface area contributed by atoms with Crippen molar-refractivity contribution in [3.63, 3.8) is 0 Å². The Morgan fingerprint density at radius 1 is 1.50 bits per heavy atom. The first-order chi connectivity index (χ1) is 8.43. The molecule has 0 bridgehead atoms.